The Balaban J connectivity index is 1.83. The summed E-state index contributed by atoms with van der Waals surface area (Å²) in [6, 6.07) is 31.0. The van der Waals surface area contributed by atoms with Crippen molar-refractivity contribution in [1.82, 2.24) is 4.57 Å². The minimum absolute atomic E-state index is 1.02. The summed E-state index contributed by atoms with van der Waals surface area (Å²) in [4.78, 5) is 0. The lowest BCUT2D eigenvalue weighted by atomic mass is 10.1. The molecule has 0 aliphatic carbocycles. The van der Waals surface area contributed by atoms with Gasteiger partial charge in [-0.1, -0.05) is 78.6 Å². The molecule has 0 saturated heterocycles. The molecule has 0 aliphatic rings. The lowest BCUT2D eigenvalue weighted by molar-refractivity contribution is 1.16. The van der Waals surface area contributed by atoms with E-state index in [1.807, 2.05) is 42.5 Å². The molecule has 0 unspecified atom stereocenters. The normalized spacial score (nSPS) is 11.1. The van der Waals surface area contributed by atoms with Crippen molar-refractivity contribution in [3.05, 3.63) is 114 Å². The Morgan fingerprint density at radius 3 is 2.20 bits per heavy atom. The number of nitrogens with zero attached hydrogens (tertiary/aromatic N) is 1. The number of rotatable bonds is 2. The molecule has 0 aliphatic heterocycles. The van der Waals surface area contributed by atoms with Crippen LogP contribution in [0.5, 0.6) is 0 Å². The minimum Gasteiger partial charge on any atom is -0.315 e. The summed E-state index contributed by atoms with van der Waals surface area (Å²) in [5.41, 5.74) is 4.42. The molecule has 0 bridgehead atoms. The molecular formula is C24H17N. The zero-order valence-electron chi connectivity index (χ0n) is 13.8. The predicted molar refractivity (Wildman–Crippen MR) is 105 cm³/mol. The van der Waals surface area contributed by atoms with E-state index in [1.54, 1.807) is 0 Å². The molecule has 0 N–H and O–H groups in total. The molecule has 3 aromatic carbocycles. The highest BCUT2D eigenvalue weighted by Gasteiger charge is 2.07. The largest absolute Gasteiger partial charge is 0.315 e. The maximum atomic E-state index is 3.22. The molecule has 0 amide bonds. The van der Waals surface area contributed by atoms with Crippen molar-refractivity contribution >= 4 is 16.6 Å². The van der Waals surface area contributed by atoms with Gasteiger partial charge in [-0.05, 0) is 35.2 Å². The Kier molecular flexibility index (Phi) is 4.18. The zero-order chi connectivity index (χ0) is 16.9. The van der Waals surface area contributed by atoms with E-state index in [-0.39, 0.29) is 0 Å². The van der Waals surface area contributed by atoms with Crippen LogP contribution >= 0.6 is 0 Å². The molecule has 1 heterocycles. The molecule has 25 heavy (non-hydrogen) atoms. The summed E-state index contributed by atoms with van der Waals surface area (Å²) in [7, 11) is 0. The number of hydrogen-bond donors (Lipinski definition) is 0. The first-order valence-electron chi connectivity index (χ1n) is 8.30. The summed E-state index contributed by atoms with van der Waals surface area (Å²) >= 11 is 0. The van der Waals surface area contributed by atoms with Crippen LogP contribution in [0.1, 0.15) is 11.1 Å². The van der Waals surface area contributed by atoms with Gasteiger partial charge in [-0.2, -0.15) is 0 Å². The maximum Gasteiger partial charge on any atom is 0.0611 e. The molecule has 0 saturated carbocycles. The van der Waals surface area contributed by atoms with E-state index >= 15 is 0 Å². The van der Waals surface area contributed by atoms with Gasteiger partial charge < -0.3 is 4.57 Å². The van der Waals surface area contributed by atoms with Gasteiger partial charge in [-0.3, -0.25) is 0 Å². The van der Waals surface area contributed by atoms with E-state index in [2.05, 4.69) is 77.2 Å². The van der Waals surface area contributed by atoms with Crippen LogP contribution < -0.4 is 0 Å². The van der Waals surface area contributed by atoms with Gasteiger partial charge in [0.25, 0.3) is 0 Å². The Morgan fingerprint density at radius 1 is 0.720 bits per heavy atom. The lowest BCUT2D eigenvalue weighted by Gasteiger charge is -2.10. The fourth-order valence-corrected chi connectivity index (χ4v) is 2.90. The second-order valence-corrected chi connectivity index (χ2v) is 5.78. The summed E-state index contributed by atoms with van der Waals surface area (Å²) in [5, 5.41) is 1.22. The van der Waals surface area contributed by atoms with Gasteiger partial charge >= 0.3 is 0 Å². The number of para-hydroxylation sites is 1. The maximum absolute atomic E-state index is 3.22. The quantitative estimate of drug-likeness (QED) is 0.425. The van der Waals surface area contributed by atoms with Crippen molar-refractivity contribution in [1.29, 1.82) is 0 Å². The highest BCUT2D eigenvalue weighted by atomic mass is 15.0. The third-order valence-electron chi connectivity index (χ3n) is 4.13. The fourth-order valence-electron chi connectivity index (χ4n) is 2.90. The topological polar surface area (TPSA) is 4.93 Å². The number of hydrogen-bond acceptors (Lipinski definition) is 0. The fraction of sp³-hybridized carbons (Fsp3) is 0. The van der Waals surface area contributed by atoms with Crippen LogP contribution in [-0.4, -0.2) is 4.57 Å². The Morgan fingerprint density at radius 2 is 1.40 bits per heavy atom. The van der Waals surface area contributed by atoms with Crippen molar-refractivity contribution < 1.29 is 0 Å². The SMILES string of the molecule is C(#Cc1ccccc1)/C=C(/c1ccccc1)n1ccc2ccccc21. The highest BCUT2D eigenvalue weighted by Crippen LogP contribution is 2.24. The summed E-state index contributed by atoms with van der Waals surface area (Å²) in [6.45, 7) is 0. The van der Waals surface area contributed by atoms with Crippen molar-refractivity contribution in [2.24, 2.45) is 0 Å². The molecule has 0 radical (unpaired) electrons. The van der Waals surface area contributed by atoms with Gasteiger partial charge in [0.1, 0.15) is 0 Å². The third-order valence-corrected chi connectivity index (χ3v) is 4.13. The van der Waals surface area contributed by atoms with Gasteiger partial charge in [0.05, 0.1) is 11.2 Å². The lowest BCUT2D eigenvalue weighted by Crippen LogP contribution is -1.97. The van der Waals surface area contributed by atoms with Crippen molar-refractivity contribution in [3.8, 4) is 11.8 Å². The van der Waals surface area contributed by atoms with Crippen LogP contribution in [0, 0.1) is 11.8 Å². The molecule has 4 rings (SSSR count). The zero-order valence-corrected chi connectivity index (χ0v) is 13.8. The molecule has 0 spiro atoms. The third kappa shape index (κ3) is 3.24. The second kappa shape index (κ2) is 6.95. The Labute approximate surface area is 147 Å². The number of allylic oxidation sites excluding steroid dienone is 1. The summed E-state index contributed by atoms with van der Waals surface area (Å²) < 4.78 is 2.20. The van der Waals surface area contributed by atoms with Gasteiger partial charge in [-0.25, -0.2) is 0 Å². The molecule has 1 heteroatoms. The van der Waals surface area contributed by atoms with Crippen LogP contribution in [0.4, 0.5) is 0 Å². The van der Waals surface area contributed by atoms with E-state index in [9.17, 15) is 0 Å². The van der Waals surface area contributed by atoms with Gasteiger partial charge in [0, 0.05) is 17.8 Å². The number of fused-ring (bicyclic) bond motifs is 1. The molecular weight excluding hydrogens is 302 g/mol. The Hall–Kier alpha value is -3.50. The highest BCUT2D eigenvalue weighted by molar-refractivity contribution is 5.86. The molecule has 4 aromatic rings. The first-order valence-corrected chi connectivity index (χ1v) is 8.30. The first-order chi connectivity index (χ1) is 12.4. The van der Waals surface area contributed by atoms with Crippen LogP contribution in [0.3, 0.4) is 0 Å². The number of benzene rings is 3. The van der Waals surface area contributed by atoms with Crippen LogP contribution in [0.25, 0.3) is 16.6 Å². The van der Waals surface area contributed by atoms with Crippen molar-refractivity contribution in [2.45, 2.75) is 0 Å². The number of aromatic nitrogens is 1. The van der Waals surface area contributed by atoms with Crippen molar-refractivity contribution in [3.63, 3.8) is 0 Å². The van der Waals surface area contributed by atoms with Gasteiger partial charge in [-0.15, -0.1) is 0 Å². The smallest absolute Gasteiger partial charge is 0.0611 e. The monoisotopic (exact) mass is 319 g/mol. The molecule has 1 aromatic heterocycles. The summed E-state index contributed by atoms with van der Waals surface area (Å²) in [5.74, 6) is 6.44. The average molecular weight is 319 g/mol. The molecule has 0 fully saturated rings. The van der Waals surface area contributed by atoms with Crippen LogP contribution in [0.15, 0.2) is 103 Å². The van der Waals surface area contributed by atoms with E-state index in [4.69, 9.17) is 0 Å². The minimum atomic E-state index is 1.02. The van der Waals surface area contributed by atoms with Crippen LogP contribution in [0.2, 0.25) is 0 Å². The van der Waals surface area contributed by atoms with Crippen LogP contribution in [-0.2, 0) is 0 Å². The van der Waals surface area contributed by atoms with Gasteiger partial charge in [0.2, 0.25) is 0 Å². The Bertz CT molecular complexity index is 1070. The molecule has 118 valence electrons. The first kappa shape index (κ1) is 15.1. The van der Waals surface area contributed by atoms with E-state index < -0.39 is 0 Å². The standard InChI is InChI=1S/C24H17N/c1-3-10-20(11-4-1)12-9-17-24(21-13-5-2-6-14-21)25-19-18-22-15-7-8-16-23(22)25/h1-8,10-11,13-19H/b24-17-. The molecule has 0 atom stereocenters. The van der Waals surface area contributed by atoms with E-state index in [0.29, 0.717) is 0 Å². The predicted octanol–water partition coefficient (Wildman–Crippen LogP) is 5.58. The van der Waals surface area contributed by atoms with Crippen molar-refractivity contribution in [2.75, 3.05) is 0 Å². The second-order valence-electron chi connectivity index (χ2n) is 5.78. The van der Waals surface area contributed by atoms with E-state index in [0.717, 1.165) is 16.8 Å². The molecule has 1 nitrogen and oxygen atoms in total. The average Bonchev–Trinajstić information content (AvgIpc) is 3.11. The summed E-state index contributed by atoms with van der Waals surface area (Å²) in [6.07, 6.45) is 4.10. The van der Waals surface area contributed by atoms with E-state index in [1.165, 1.54) is 10.9 Å². The van der Waals surface area contributed by atoms with Gasteiger partial charge in [0.15, 0.2) is 0 Å².